The number of methoxy groups -OCH3 is 1. The summed E-state index contributed by atoms with van der Waals surface area (Å²) in [5.41, 5.74) is 1.15. The maximum Gasteiger partial charge on any atom is 0.255 e. The summed E-state index contributed by atoms with van der Waals surface area (Å²) in [7, 11) is 1.54. The van der Waals surface area contributed by atoms with Gasteiger partial charge in [-0.05, 0) is 62.4 Å². The number of carbonyl (C=O) groups is 1. The molecular formula is C25H30FN5O2. The van der Waals surface area contributed by atoms with E-state index in [2.05, 4.69) is 20.9 Å². The standard InChI is InChI=1S/C25H30FN5O2/c1-3-28-24(30-17-27)31-20-12-14-25(15-13-20,18-8-10-19(26)11-9-18)16-29-23(32)21-6-4-5-7-22(21)33-2/h4-11,20H,3,12-16H2,1-2H3,(H,29,32)(H2,28,30,31)/t20-,25-. The number of benzene rings is 2. The Hall–Kier alpha value is -3.60. The fourth-order valence-electron chi connectivity index (χ4n) is 4.40. The third-order valence-electron chi connectivity index (χ3n) is 6.19. The average molecular weight is 452 g/mol. The van der Waals surface area contributed by atoms with E-state index in [0.717, 1.165) is 31.2 Å². The third kappa shape index (κ3) is 6.01. The van der Waals surface area contributed by atoms with E-state index in [4.69, 9.17) is 10.00 Å². The van der Waals surface area contributed by atoms with Gasteiger partial charge in [-0.15, -0.1) is 4.99 Å². The van der Waals surface area contributed by atoms with E-state index < -0.39 is 0 Å². The number of nitriles is 1. The Bertz CT molecular complexity index is 1010. The molecule has 0 spiro atoms. The van der Waals surface area contributed by atoms with Gasteiger partial charge in [-0.1, -0.05) is 24.3 Å². The minimum absolute atomic E-state index is 0.148. The highest BCUT2D eigenvalue weighted by Crippen LogP contribution is 2.39. The molecule has 8 heteroatoms. The predicted octanol–water partition coefficient (Wildman–Crippen LogP) is 3.48. The van der Waals surface area contributed by atoms with Gasteiger partial charge in [-0.3, -0.25) is 4.79 Å². The molecular weight excluding hydrogens is 421 g/mol. The Morgan fingerprint density at radius 3 is 2.52 bits per heavy atom. The maximum atomic E-state index is 13.6. The summed E-state index contributed by atoms with van der Waals surface area (Å²) in [5.74, 6) is 0.505. The van der Waals surface area contributed by atoms with Gasteiger partial charge in [0.05, 0.1) is 12.7 Å². The molecule has 3 N–H and O–H groups in total. The molecule has 0 unspecified atom stereocenters. The van der Waals surface area contributed by atoms with Crippen LogP contribution in [-0.2, 0) is 5.41 Å². The van der Waals surface area contributed by atoms with E-state index in [1.165, 1.54) is 19.2 Å². The zero-order valence-corrected chi connectivity index (χ0v) is 19.0. The smallest absolute Gasteiger partial charge is 0.255 e. The average Bonchev–Trinajstić information content (AvgIpc) is 2.84. The summed E-state index contributed by atoms with van der Waals surface area (Å²) in [6.45, 7) is 3.03. The lowest BCUT2D eigenvalue weighted by molar-refractivity contribution is 0.0932. The van der Waals surface area contributed by atoms with Crippen molar-refractivity contribution in [2.24, 2.45) is 4.99 Å². The fourth-order valence-corrected chi connectivity index (χ4v) is 4.40. The van der Waals surface area contributed by atoms with Crippen LogP contribution in [-0.4, -0.2) is 38.1 Å². The highest BCUT2D eigenvalue weighted by molar-refractivity contribution is 5.97. The van der Waals surface area contributed by atoms with Crippen LogP contribution >= 0.6 is 0 Å². The number of guanidine groups is 1. The van der Waals surface area contributed by atoms with Gasteiger partial charge < -0.3 is 20.7 Å². The first kappa shape index (κ1) is 24.1. The van der Waals surface area contributed by atoms with Crippen LogP contribution in [0.1, 0.15) is 48.5 Å². The van der Waals surface area contributed by atoms with E-state index in [1.54, 1.807) is 30.3 Å². The molecule has 0 heterocycles. The Balaban J connectivity index is 1.75. The molecule has 1 saturated carbocycles. The molecule has 0 aromatic heterocycles. The Labute approximate surface area is 194 Å². The molecule has 0 bridgehead atoms. The van der Waals surface area contributed by atoms with Crippen molar-refractivity contribution in [3.05, 3.63) is 65.5 Å². The monoisotopic (exact) mass is 451 g/mol. The van der Waals surface area contributed by atoms with Crippen LogP contribution in [0.15, 0.2) is 53.5 Å². The molecule has 0 atom stereocenters. The SMILES string of the molecule is CCN/C(=N\C#N)N[C@H]1CC[C@](CNC(=O)c2ccccc2OC)(c2ccc(F)cc2)CC1. The fraction of sp³-hybridized carbons (Fsp3) is 0.400. The van der Waals surface area contributed by atoms with Crippen molar-refractivity contribution in [2.45, 2.75) is 44.1 Å². The van der Waals surface area contributed by atoms with Gasteiger partial charge in [-0.25, -0.2) is 4.39 Å². The number of hydrogen-bond acceptors (Lipinski definition) is 4. The lowest BCUT2D eigenvalue weighted by Gasteiger charge is -2.41. The third-order valence-corrected chi connectivity index (χ3v) is 6.19. The molecule has 1 aliphatic rings. The molecule has 0 saturated heterocycles. The van der Waals surface area contributed by atoms with Crippen LogP contribution in [0.25, 0.3) is 0 Å². The summed E-state index contributed by atoms with van der Waals surface area (Å²) in [4.78, 5) is 16.7. The summed E-state index contributed by atoms with van der Waals surface area (Å²) in [6, 6.07) is 13.8. The second-order valence-electron chi connectivity index (χ2n) is 8.18. The maximum absolute atomic E-state index is 13.6. The van der Waals surface area contributed by atoms with Crippen molar-refractivity contribution in [2.75, 3.05) is 20.2 Å². The second kappa shape index (κ2) is 11.3. The molecule has 0 radical (unpaired) electrons. The number of halogens is 1. The molecule has 1 fully saturated rings. The lowest BCUT2D eigenvalue weighted by Crippen LogP contribution is -2.49. The first-order valence-corrected chi connectivity index (χ1v) is 11.2. The summed E-state index contributed by atoms with van der Waals surface area (Å²) in [5, 5.41) is 18.4. The van der Waals surface area contributed by atoms with E-state index in [9.17, 15) is 9.18 Å². The molecule has 1 amide bonds. The van der Waals surface area contributed by atoms with Gasteiger partial charge in [0.2, 0.25) is 12.2 Å². The first-order valence-electron chi connectivity index (χ1n) is 11.2. The highest BCUT2D eigenvalue weighted by atomic mass is 19.1. The number of nitrogens with zero attached hydrogens (tertiary/aromatic N) is 2. The minimum Gasteiger partial charge on any atom is -0.496 e. The molecule has 3 rings (SSSR count). The van der Waals surface area contributed by atoms with Crippen LogP contribution in [0.4, 0.5) is 4.39 Å². The summed E-state index contributed by atoms with van der Waals surface area (Å²) >= 11 is 0. The zero-order chi connectivity index (χ0) is 23.7. The van der Waals surface area contributed by atoms with Crippen molar-refractivity contribution in [3.8, 4) is 11.9 Å². The normalized spacial score (nSPS) is 20.4. The number of rotatable bonds is 7. The number of hydrogen-bond donors (Lipinski definition) is 3. The quantitative estimate of drug-likeness (QED) is 0.340. The van der Waals surface area contributed by atoms with Gasteiger partial charge in [0.1, 0.15) is 11.6 Å². The van der Waals surface area contributed by atoms with E-state index in [-0.39, 0.29) is 23.2 Å². The molecule has 2 aromatic rings. The van der Waals surface area contributed by atoms with Crippen LogP contribution in [0.3, 0.4) is 0 Å². The largest absolute Gasteiger partial charge is 0.496 e. The summed E-state index contributed by atoms with van der Waals surface area (Å²) < 4.78 is 18.9. The molecule has 7 nitrogen and oxygen atoms in total. The Morgan fingerprint density at radius 1 is 1.18 bits per heavy atom. The molecule has 0 aliphatic heterocycles. The first-order chi connectivity index (χ1) is 16.0. The van der Waals surface area contributed by atoms with Crippen LogP contribution in [0.2, 0.25) is 0 Å². The van der Waals surface area contributed by atoms with Crippen molar-refractivity contribution >= 4 is 11.9 Å². The van der Waals surface area contributed by atoms with Gasteiger partial charge >= 0.3 is 0 Å². The van der Waals surface area contributed by atoms with Crippen LogP contribution < -0.4 is 20.7 Å². The van der Waals surface area contributed by atoms with Crippen molar-refractivity contribution < 1.29 is 13.9 Å². The van der Waals surface area contributed by atoms with Crippen molar-refractivity contribution in [1.82, 2.24) is 16.0 Å². The van der Waals surface area contributed by atoms with Gasteiger partial charge in [-0.2, -0.15) is 5.26 Å². The van der Waals surface area contributed by atoms with Crippen LogP contribution in [0.5, 0.6) is 5.75 Å². The summed E-state index contributed by atoms with van der Waals surface area (Å²) in [6.07, 6.45) is 5.02. The zero-order valence-electron chi connectivity index (χ0n) is 19.0. The highest BCUT2D eigenvalue weighted by Gasteiger charge is 2.37. The molecule has 1 aliphatic carbocycles. The number of nitrogens with one attached hydrogen (secondary N) is 3. The van der Waals surface area contributed by atoms with E-state index in [0.29, 0.717) is 30.4 Å². The number of amides is 1. The number of carbonyl (C=O) groups excluding carboxylic acids is 1. The number of ether oxygens (including phenoxy) is 1. The topological polar surface area (TPSA) is 98.5 Å². The van der Waals surface area contributed by atoms with E-state index >= 15 is 0 Å². The van der Waals surface area contributed by atoms with Crippen molar-refractivity contribution in [1.29, 1.82) is 5.26 Å². The number of aliphatic imine (C=N–C) groups is 1. The Morgan fingerprint density at radius 2 is 1.88 bits per heavy atom. The minimum atomic E-state index is -0.325. The molecule has 2 aromatic carbocycles. The molecule has 33 heavy (non-hydrogen) atoms. The Kier molecular flexibility index (Phi) is 8.25. The van der Waals surface area contributed by atoms with Gasteiger partial charge in [0.25, 0.3) is 5.91 Å². The van der Waals surface area contributed by atoms with Crippen LogP contribution in [0, 0.1) is 17.3 Å². The van der Waals surface area contributed by atoms with Crippen molar-refractivity contribution in [3.63, 3.8) is 0 Å². The van der Waals surface area contributed by atoms with E-state index in [1.807, 2.05) is 19.2 Å². The predicted molar refractivity (Wildman–Crippen MR) is 126 cm³/mol. The molecule has 174 valence electrons. The second-order valence-corrected chi connectivity index (χ2v) is 8.18. The van der Waals surface area contributed by atoms with Gasteiger partial charge in [0, 0.05) is 24.5 Å². The lowest BCUT2D eigenvalue weighted by atomic mass is 9.68. The van der Waals surface area contributed by atoms with Gasteiger partial charge in [0.15, 0.2) is 0 Å². The number of para-hydroxylation sites is 1.